The molecule has 0 aliphatic rings. The summed E-state index contributed by atoms with van der Waals surface area (Å²) >= 11 is 0. The van der Waals surface area contributed by atoms with E-state index in [1.165, 1.54) is 24.4 Å². The Kier molecular flexibility index (Phi) is 3.11. The molecule has 0 radical (unpaired) electrons. The summed E-state index contributed by atoms with van der Waals surface area (Å²) in [7, 11) is 0. The van der Waals surface area contributed by atoms with Crippen LogP contribution < -0.4 is 11.1 Å². The second-order valence-corrected chi connectivity index (χ2v) is 3.85. The van der Waals surface area contributed by atoms with Gasteiger partial charge in [-0.1, -0.05) is 0 Å². The number of nitrogens with one attached hydrogen (secondary N) is 1. The number of benzene rings is 1. The van der Waals surface area contributed by atoms with Crippen molar-refractivity contribution in [3.05, 3.63) is 47.4 Å². The number of nitriles is 1. The van der Waals surface area contributed by atoms with Crippen LogP contribution in [-0.2, 0) is 0 Å². The van der Waals surface area contributed by atoms with Gasteiger partial charge in [0.25, 0.3) is 0 Å². The first kappa shape index (κ1) is 11.9. The number of aryl methyl sites for hydroxylation is 1. The molecule has 0 atom stereocenters. The Bertz CT molecular complexity index is 631. The van der Waals surface area contributed by atoms with E-state index >= 15 is 0 Å². The molecule has 18 heavy (non-hydrogen) atoms. The number of pyridine rings is 1. The van der Waals surface area contributed by atoms with Crippen molar-refractivity contribution in [1.82, 2.24) is 4.98 Å². The van der Waals surface area contributed by atoms with E-state index in [1.807, 2.05) is 13.0 Å². The van der Waals surface area contributed by atoms with Gasteiger partial charge in [0.05, 0.1) is 23.1 Å². The number of hydrogen-bond donors (Lipinski definition) is 2. The largest absolute Gasteiger partial charge is 0.397 e. The minimum absolute atomic E-state index is 0.228. The smallest absolute Gasteiger partial charge is 0.130 e. The molecule has 4 nitrogen and oxygen atoms in total. The molecular weight excluding hydrogens is 231 g/mol. The number of hydrogen-bond acceptors (Lipinski definition) is 4. The van der Waals surface area contributed by atoms with Gasteiger partial charge in [-0.15, -0.1) is 0 Å². The number of rotatable bonds is 2. The molecule has 1 aromatic carbocycles. The average molecular weight is 242 g/mol. The number of nitrogens with zero attached hydrogens (tertiary/aromatic N) is 2. The predicted octanol–water partition coefficient (Wildman–Crippen LogP) is 2.73. The van der Waals surface area contributed by atoms with Gasteiger partial charge in [0.15, 0.2) is 0 Å². The first-order chi connectivity index (χ1) is 8.60. The van der Waals surface area contributed by atoms with Gasteiger partial charge in [-0.2, -0.15) is 5.26 Å². The monoisotopic (exact) mass is 242 g/mol. The Morgan fingerprint density at radius 1 is 1.39 bits per heavy atom. The summed E-state index contributed by atoms with van der Waals surface area (Å²) in [6.45, 7) is 1.86. The minimum atomic E-state index is -0.446. The molecule has 0 aliphatic carbocycles. The zero-order chi connectivity index (χ0) is 13.1. The molecule has 0 bridgehead atoms. The normalized spacial score (nSPS) is 9.83. The molecule has 0 saturated heterocycles. The summed E-state index contributed by atoms with van der Waals surface area (Å²) in [6, 6.07) is 7.65. The lowest BCUT2D eigenvalue weighted by atomic mass is 10.2. The molecule has 90 valence electrons. The van der Waals surface area contributed by atoms with E-state index in [-0.39, 0.29) is 5.56 Å². The van der Waals surface area contributed by atoms with Gasteiger partial charge in [-0.25, -0.2) is 9.37 Å². The van der Waals surface area contributed by atoms with Crippen molar-refractivity contribution in [3.8, 4) is 6.07 Å². The quantitative estimate of drug-likeness (QED) is 0.849. The van der Waals surface area contributed by atoms with Crippen molar-refractivity contribution in [1.29, 1.82) is 5.26 Å². The molecule has 1 heterocycles. The van der Waals surface area contributed by atoms with Gasteiger partial charge in [0.2, 0.25) is 0 Å². The van der Waals surface area contributed by atoms with Gasteiger partial charge >= 0.3 is 0 Å². The lowest BCUT2D eigenvalue weighted by molar-refractivity contribution is 0.627. The maximum absolute atomic E-state index is 13.0. The van der Waals surface area contributed by atoms with Gasteiger partial charge in [-0.3, -0.25) is 0 Å². The second kappa shape index (κ2) is 4.72. The van der Waals surface area contributed by atoms with Gasteiger partial charge in [0, 0.05) is 0 Å². The average Bonchev–Trinajstić information content (AvgIpc) is 2.36. The fraction of sp³-hybridized carbons (Fsp3) is 0.0769. The van der Waals surface area contributed by atoms with Crippen LogP contribution in [0.3, 0.4) is 0 Å². The lowest BCUT2D eigenvalue weighted by Gasteiger charge is -2.09. The highest BCUT2D eigenvalue weighted by atomic mass is 19.1. The van der Waals surface area contributed by atoms with Crippen molar-refractivity contribution in [2.24, 2.45) is 0 Å². The molecule has 0 saturated carbocycles. The van der Waals surface area contributed by atoms with E-state index < -0.39 is 5.82 Å². The minimum Gasteiger partial charge on any atom is -0.397 e. The summed E-state index contributed by atoms with van der Waals surface area (Å²) < 4.78 is 13.0. The van der Waals surface area contributed by atoms with Crippen LogP contribution in [0.5, 0.6) is 0 Å². The van der Waals surface area contributed by atoms with Crippen LogP contribution in [0.1, 0.15) is 11.1 Å². The third-order valence-electron chi connectivity index (χ3n) is 2.52. The van der Waals surface area contributed by atoms with Gasteiger partial charge in [-0.05, 0) is 36.8 Å². The van der Waals surface area contributed by atoms with Crippen LogP contribution >= 0.6 is 0 Å². The third kappa shape index (κ3) is 2.38. The van der Waals surface area contributed by atoms with E-state index in [0.717, 1.165) is 5.56 Å². The Morgan fingerprint density at radius 2 is 2.17 bits per heavy atom. The summed E-state index contributed by atoms with van der Waals surface area (Å²) in [5.74, 6) is 0.114. The number of anilines is 3. The molecule has 5 heteroatoms. The van der Waals surface area contributed by atoms with Crippen LogP contribution in [0.25, 0.3) is 0 Å². The molecule has 3 N–H and O–H groups in total. The van der Waals surface area contributed by atoms with E-state index in [9.17, 15) is 4.39 Å². The van der Waals surface area contributed by atoms with Crippen molar-refractivity contribution in [3.63, 3.8) is 0 Å². The molecule has 2 aromatic rings. The highest BCUT2D eigenvalue weighted by molar-refractivity contribution is 5.65. The summed E-state index contributed by atoms with van der Waals surface area (Å²) in [6.07, 6.45) is 1.53. The fourth-order valence-corrected chi connectivity index (χ4v) is 1.49. The molecule has 0 unspecified atom stereocenters. The Morgan fingerprint density at radius 3 is 2.83 bits per heavy atom. The maximum atomic E-state index is 13.0. The maximum Gasteiger partial charge on any atom is 0.130 e. The number of halogens is 1. The zero-order valence-electron chi connectivity index (χ0n) is 9.74. The predicted molar refractivity (Wildman–Crippen MR) is 67.8 cm³/mol. The Balaban J connectivity index is 2.34. The Hall–Kier alpha value is -2.61. The van der Waals surface area contributed by atoms with Gasteiger partial charge in [0.1, 0.15) is 17.7 Å². The van der Waals surface area contributed by atoms with Crippen molar-refractivity contribution in [2.75, 3.05) is 11.1 Å². The van der Waals surface area contributed by atoms with Crippen LogP contribution in [0, 0.1) is 24.1 Å². The van der Waals surface area contributed by atoms with Crippen molar-refractivity contribution >= 4 is 17.2 Å². The van der Waals surface area contributed by atoms with Crippen LogP contribution in [0.15, 0.2) is 30.5 Å². The molecular formula is C13H11FN4. The van der Waals surface area contributed by atoms with E-state index in [4.69, 9.17) is 11.0 Å². The van der Waals surface area contributed by atoms with E-state index in [2.05, 4.69) is 10.3 Å². The fourth-order valence-electron chi connectivity index (χ4n) is 1.49. The molecule has 0 aliphatic heterocycles. The SMILES string of the molecule is Cc1cc(Nc2ccc(F)cc2C#N)ncc1N. The topological polar surface area (TPSA) is 74.7 Å². The molecule has 0 spiro atoms. The zero-order valence-corrected chi connectivity index (χ0v) is 9.74. The van der Waals surface area contributed by atoms with E-state index in [0.29, 0.717) is 17.2 Å². The van der Waals surface area contributed by atoms with Crippen LogP contribution in [0.4, 0.5) is 21.6 Å². The van der Waals surface area contributed by atoms with E-state index in [1.54, 1.807) is 6.07 Å². The molecule has 2 rings (SSSR count). The number of nitrogens with two attached hydrogens (primary N) is 1. The standard InChI is InChI=1S/C13H11FN4/c1-8-4-13(17-7-11(8)16)18-12-3-2-10(14)5-9(12)6-15/h2-5,7H,16H2,1H3,(H,17,18). The summed E-state index contributed by atoms with van der Waals surface area (Å²) in [5.41, 5.74) is 7.88. The number of aromatic nitrogens is 1. The highest BCUT2D eigenvalue weighted by Gasteiger charge is 2.05. The van der Waals surface area contributed by atoms with Crippen molar-refractivity contribution in [2.45, 2.75) is 6.92 Å². The van der Waals surface area contributed by atoms with Gasteiger partial charge < -0.3 is 11.1 Å². The molecule has 0 fully saturated rings. The lowest BCUT2D eigenvalue weighted by Crippen LogP contribution is -1.99. The van der Waals surface area contributed by atoms with Crippen molar-refractivity contribution < 1.29 is 4.39 Å². The highest BCUT2D eigenvalue weighted by Crippen LogP contribution is 2.21. The second-order valence-electron chi connectivity index (χ2n) is 3.85. The molecule has 0 amide bonds. The van der Waals surface area contributed by atoms with Crippen LogP contribution in [-0.4, -0.2) is 4.98 Å². The molecule has 1 aromatic heterocycles. The number of nitrogen functional groups attached to an aromatic ring is 1. The first-order valence-electron chi connectivity index (χ1n) is 5.29. The third-order valence-corrected chi connectivity index (χ3v) is 2.52. The summed E-state index contributed by atoms with van der Waals surface area (Å²) in [5, 5.41) is 11.9. The Labute approximate surface area is 104 Å². The first-order valence-corrected chi connectivity index (χ1v) is 5.29. The van der Waals surface area contributed by atoms with Crippen LogP contribution in [0.2, 0.25) is 0 Å². The summed E-state index contributed by atoms with van der Waals surface area (Å²) in [4.78, 5) is 4.09.